The molecule has 1 saturated carbocycles. The zero-order valence-corrected chi connectivity index (χ0v) is 11.0. The van der Waals surface area contributed by atoms with Crippen molar-refractivity contribution in [2.24, 2.45) is 5.92 Å². The van der Waals surface area contributed by atoms with E-state index in [0.29, 0.717) is 22.2 Å². The second kappa shape index (κ2) is 4.57. The Morgan fingerprint density at radius 2 is 2.38 bits per heavy atom. The van der Waals surface area contributed by atoms with E-state index in [-0.39, 0.29) is 5.91 Å². The van der Waals surface area contributed by atoms with Gasteiger partial charge in [-0.05, 0) is 25.7 Å². The molecule has 0 radical (unpaired) electrons. The van der Waals surface area contributed by atoms with Crippen molar-refractivity contribution >= 4 is 21.8 Å². The lowest BCUT2D eigenvalue weighted by Crippen LogP contribution is -2.37. The number of rotatable bonds is 3. The summed E-state index contributed by atoms with van der Waals surface area (Å²) in [7, 11) is 1.81. The number of carbonyl (C=O) groups excluding carboxylic acids is 1. The number of amides is 1. The fourth-order valence-electron chi connectivity index (χ4n) is 1.94. The first-order valence-corrected chi connectivity index (χ1v) is 6.30. The molecule has 1 aromatic rings. The van der Waals surface area contributed by atoms with Crippen LogP contribution >= 0.6 is 15.9 Å². The first-order chi connectivity index (χ1) is 7.56. The van der Waals surface area contributed by atoms with E-state index in [4.69, 9.17) is 4.52 Å². The molecule has 4 nitrogen and oxygen atoms in total. The van der Waals surface area contributed by atoms with Crippen LogP contribution in [0.3, 0.4) is 0 Å². The molecule has 16 heavy (non-hydrogen) atoms. The van der Waals surface area contributed by atoms with E-state index in [1.807, 2.05) is 7.05 Å². The van der Waals surface area contributed by atoms with Crippen LogP contribution in [0.2, 0.25) is 0 Å². The second-order valence-electron chi connectivity index (χ2n) is 4.44. The van der Waals surface area contributed by atoms with Gasteiger partial charge >= 0.3 is 0 Å². The molecule has 1 heterocycles. The zero-order valence-electron chi connectivity index (χ0n) is 9.44. The van der Waals surface area contributed by atoms with Crippen molar-refractivity contribution < 1.29 is 9.32 Å². The van der Waals surface area contributed by atoms with Crippen LogP contribution in [-0.2, 0) is 0 Å². The Morgan fingerprint density at radius 1 is 1.69 bits per heavy atom. The maximum atomic E-state index is 11.9. The molecule has 0 bridgehead atoms. The SMILES string of the molecule is Cc1cc(C(=O)N(C)CC2CC(Br)C2)no1. The van der Waals surface area contributed by atoms with Gasteiger partial charge in [-0.2, -0.15) is 0 Å². The lowest BCUT2D eigenvalue weighted by atomic mass is 9.85. The quantitative estimate of drug-likeness (QED) is 0.801. The summed E-state index contributed by atoms with van der Waals surface area (Å²) in [5.74, 6) is 1.22. The third kappa shape index (κ3) is 2.45. The van der Waals surface area contributed by atoms with E-state index in [2.05, 4.69) is 21.1 Å². The molecule has 0 aromatic carbocycles. The van der Waals surface area contributed by atoms with Crippen LogP contribution in [0.1, 0.15) is 29.1 Å². The van der Waals surface area contributed by atoms with Crippen molar-refractivity contribution in [2.75, 3.05) is 13.6 Å². The number of hydrogen-bond acceptors (Lipinski definition) is 3. The summed E-state index contributed by atoms with van der Waals surface area (Å²) in [4.78, 5) is 14.3. The average Bonchev–Trinajstić information content (AvgIpc) is 2.61. The number of alkyl halides is 1. The lowest BCUT2D eigenvalue weighted by molar-refractivity contribution is 0.0738. The summed E-state index contributed by atoms with van der Waals surface area (Å²) >= 11 is 3.54. The highest BCUT2D eigenvalue weighted by Crippen LogP contribution is 2.33. The summed E-state index contributed by atoms with van der Waals surface area (Å²) in [5, 5.41) is 3.73. The number of aryl methyl sites for hydroxylation is 1. The van der Waals surface area contributed by atoms with Gasteiger partial charge in [0.2, 0.25) is 0 Å². The molecule has 0 saturated heterocycles. The van der Waals surface area contributed by atoms with Crippen LogP contribution in [0.4, 0.5) is 0 Å². The van der Waals surface area contributed by atoms with Crippen LogP contribution in [-0.4, -0.2) is 34.4 Å². The van der Waals surface area contributed by atoms with Crippen LogP contribution in [0.25, 0.3) is 0 Å². The minimum atomic E-state index is -0.0603. The molecule has 0 spiro atoms. The Morgan fingerprint density at radius 3 is 2.88 bits per heavy atom. The molecule has 0 unspecified atom stereocenters. The molecule has 5 heteroatoms. The van der Waals surface area contributed by atoms with Crippen LogP contribution in [0, 0.1) is 12.8 Å². The Balaban J connectivity index is 1.89. The lowest BCUT2D eigenvalue weighted by Gasteiger charge is -2.34. The highest BCUT2D eigenvalue weighted by Gasteiger charge is 2.29. The van der Waals surface area contributed by atoms with E-state index < -0.39 is 0 Å². The maximum Gasteiger partial charge on any atom is 0.275 e. The average molecular weight is 287 g/mol. The van der Waals surface area contributed by atoms with Crippen molar-refractivity contribution in [3.8, 4) is 0 Å². The number of hydrogen-bond donors (Lipinski definition) is 0. The van der Waals surface area contributed by atoms with Crippen LogP contribution < -0.4 is 0 Å². The summed E-state index contributed by atoms with van der Waals surface area (Å²) in [6.07, 6.45) is 2.30. The predicted molar refractivity (Wildman–Crippen MR) is 63.6 cm³/mol. The Hall–Kier alpha value is -0.840. The third-order valence-electron chi connectivity index (χ3n) is 2.90. The molecule has 1 fully saturated rings. The van der Waals surface area contributed by atoms with Crippen LogP contribution in [0.15, 0.2) is 10.6 Å². The second-order valence-corrected chi connectivity index (χ2v) is 5.74. The molecule has 2 rings (SSSR count). The van der Waals surface area contributed by atoms with Gasteiger partial charge in [-0.15, -0.1) is 0 Å². The van der Waals surface area contributed by atoms with Crippen molar-refractivity contribution in [3.63, 3.8) is 0 Å². The van der Waals surface area contributed by atoms with E-state index in [0.717, 1.165) is 19.4 Å². The largest absolute Gasteiger partial charge is 0.361 e. The monoisotopic (exact) mass is 286 g/mol. The number of carbonyl (C=O) groups is 1. The Bertz CT molecular complexity index is 385. The number of nitrogens with zero attached hydrogens (tertiary/aromatic N) is 2. The minimum Gasteiger partial charge on any atom is -0.361 e. The van der Waals surface area contributed by atoms with E-state index in [9.17, 15) is 4.79 Å². The number of aromatic nitrogens is 1. The van der Waals surface area contributed by atoms with Crippen molar-refractivity contribution in [1.29, 1.82) is 0 Å². The fourth-order valence-corrected chi connectivity index (χ4v) is 2.99. The van der Waals surface area contributed by atoms with Gasteiger partial charge in [0.25, 0.3) is 5.91 Å². The highest BCUT2D eigenvalue weighted by molar-refractivity contribution is 9.09. The van der Waals surface area contributed by atoms with Gasteiger partial charge in [-0.3, -0.25) is 4.79 Å². The predicted octanol–water partition coefficient (Wildman–Crippen LogP) is 2.23. The first kappa shape index (κ1) is 11.6. The van der Waals surface area contributed by atoms with Crippen molar-refractivity contribution in [2.45, 2.75) is 24.6 Å². The summed E-state index contributed by atoms with van der Waals surface area (Å²) in [5.41, 5.74) is 0.398. The zero-order chi connectivity index (χ0) is 11.7. The summed E-state index contributed by atoms with van der Waals surface area (Å²) in [6.45, 7) is 2.58. The van der Waals surface area contributed by atoms with Gasteiger partial charge in [-0.1, -0.05) is 21.1 Å². The van der Waals surface area contributed by atoms with Gasteiger partial charge in [0.05, 0.1) is 0 Å². The third-order valence-corrected chi connectivity index (χ3v) is 3.65. The molecular weight excluding hydrogens is 272 g/mol. The summed E-state index contributed by atoms with van der Waals surface area (Å²) in [6, 6.07) is 1.67. The first-order valence-electron chi connectivity index (χ1n) is 5.39. The molecular formula is C11H15BrN2O2. The molecule has 88 valence electrons. The van der Waals surface area contributed by atoms with E-state index >= 15 is 0 Å². The smallest absolute Gasteiger partial charge is 0.275 e. The summed E-state index contributed by atoms with van der Waals surface area (Å²) < 4.78 is 4.89. The molecule has 0 N–H and O–H groups in total. The topological polar surface area (TPSA) is 46.3 Å². The molecule has 0 atom stereocenters. The van der Waals surface area contributed by atoms with Crippen molar-refractivity contribution in [1.82, 2.24) is 10.1 Å². The van der Waals surface area contributed by atoms with Gasteiger partial charge in [-0.25, -0.2) is 0 Å². The van der Waals surface area contributed by atoms with Gasteiger partial charge in [0.1, 0.15) is 5.76 Å². The Labute approximate surface area is 103 Å². The molecule has 1 amide bonds. The molecule has 0 aliphatic heterocycles. The van der Waals surface area contributed by atoms with Crippen molar-refractivity contribution in [3.05, 3.63) is 17.5 Å². The Kier molecular flexibility index (Phi) is 3.33. The van der Waals surface area contributed by atoms with Crippen LogP contribution in [0.5, 0.6) is 0 Å². The number of halogens is 1. The van der Waals surface area contributed by atoms with Gasteiger partial charge in [0, 0.05) is 24.5 Å². The normalized spacial score (nSPS) is 23.9. The van der Waals surface area contributed by atoms with E-state index in [1.165, 1.54) is 0 Å². The van der Waals surface area contributed by atoms with Gasteiger partial charge < -0.3 is 9.42 Å². The fraction of sp³-hybridized carbons (Fsp3) is 0.636. The van der Waals surface area contributed by atoms with Gasteiger partial charge in [0.15, 0.2) is 5.69 Å². The minimum absolute atomic E-state index is 0.0603. The molecule has 1 aliphatic carbocycles. The highest BCUT2D eigenvalue weighted by atomic mass is 79.9. The maximum absolute atomic E-state index is 11.9. The van der Waals surface area contributed by atoms with E-state index in [1.54, 1.807) is 17.9 Å². The molecule has 1 aromatic heterocycles. The molecule has 1 aliphatic rings. The standard InChI is InChI=1S/C11H15BrN2O2/c1-7-3-10(13-16-7)11(15)14(2)6-8-4-9(12)5-8/h3,8-9H,4-6H2,1-2H3.